The number of phenolic OH excluding ortho intramolecular Hbond substituents is 1. The van der Waals surface area contributed by atoms with Crippen LogP contribution in [0.4, 0.5) is 0 Å². The van der Waals surface area contributed by atoms with Gasteiger partial charge in [-0.25, -0.2) is 0 Å². The zero-order valence-electron chi connectivity index (χ0n) is 12.9. The van der Waals surface area contributed by atoms with Crippen molar-refractivity contribution in [3.05, 3.63) is 36.0 Å². The lowest BCUT2D eigenvalue weighted by Gasteiger charge is -2.31. The molecule has 0 bridgehead atoms. The third-order valence-corrected chi connectivity index (χ3v) is 4.36. The predicted octanol–water partition coefficient (Wildman–Crippen LogP) is 2.21. The third-order valence-electron chi connectivity index (χ3n) is 4.36. The van der Waals surface area contributed by atoms with Crippen molar-refractivity contribution in [3.63, 3.8) is 0 Å². The maximum Gasteiger partial charge on any atom is 0.269 e. The molecule has 1 heterocycles. The quantitative estimate of drug-likeness (QED) is 0.695. The van der Waals surface area contributed by atoms with Crippen LogP contribution in [0.3, 0.4) is 0 Å². The van der Waals surface area contributed by atoms with Gasteiger partial charge in [0.25, 0.3) is 5.91 Å². The van der Waals surface area contributed by atoms with Gasteiger partial charge in [0.1, 0.15) is 11.4 Å². The Kier molecular flexibility index (Phi) is 4.34. The molecule has 1 aromatic heterocycles. The van der Waals surface area contributed by atoms with Crippen molar-refractivity contribution in [3.8, 4) is 17.0 Å². The van der Waals surface area contributed by atoms with E-state index in [9.17, 15) is 15.0 Å². The first-order valence-electron chi connectivity index (χ1n) is 7.92. The Balaban J connectivity index is 1.66. The summed E-state index contributed by atoms with van der Waals surface area (Å²) in [5.74, 6) is -0.194. The molecule has 6 nitrogen and oxygen atoms in total. The summed E-state index contributed by atoms with van der Waals surface area (Å²) in [5.41, 5.74) is 0.579. The fourth-order valence-corrected chi connectivity index (χ4v) is 2.99. The second-order valence-electron chi connectivity index (χ2n) is 6.15. The first kappa shape index (κ1) is 15.6. The van der Waals surface area contributed by atoms with E-state index in [1.54, 1.807) is 30.3 Å². The molecule has 1 amide bonds. The Morgan fingerprint density at radius 2 is 2.00 bits per heavy atom. The molecule has 0 atom stereocenters. The summed E-state index contributed by atoms with van der Waals surface area (Å²) in [6, 6.07) is 8.42. The monoisotopic (exact) mass is 315 g/mol. The van der Waals surface area contributed by atoms with Crippen LogP contribution in [0.5, 0.6) is 5.75 Å². The van der Waals surface area contributed by atoms with Crippen LogP contribution in [-0.4, -0.2) is 38.5 Å². The number of aromatic hydroxyl groups is 1. The summed E-state index contributed by atoms with van der Waals surface area (Å²) in [7, 11) is 0. The summed E-state index contributed by atoms with van der Waals surface area (Å²) in [6.07, 6.45) is 4.57. The van der Waals surface area contributed by atoms with Gasteiger partial charge in [0.15, 0.2) is 0 Å². The summed E-state index contributed by atoms with van der Waals surface area (Å²) in [6.45, 7) is 0.247. The normalized spacial score (nSPS) is 16.9. The van der Waals surface area contributed by atoms with Gasteiger partial charge in [0.05, 0.1) is 11.3 Å². The van der Waals surface area contributed by atoms with Gasteiger partial charge in [0.2, 0.25) is 0 Å². The van der Waals surface area contributed by atoms with Gasteiger partial charge in [-0.2, -0.15) is 5.10 Å². The van der Waals surface area contributed by atoms with E-state index in [1.165, 1.54) is 0 Å². The first-order valence-corrected chi connectivity index (χ1v) is 7.92. The summed E-state index contributed by atoms with van der Waals surface area (Å²) in [5, 5.41) is 29.8. The number of carbonyl (C=O) groups excluding carboxylic acids is 1. The average Bonchev–Trinajstić information content (AvgIpc) is 3.04. The van der Waals surface area contributed by atoms with Gasteiger partial charge in [-0.3, -0.25) is 9.89 Å². The number of rotatable bonds is 4. The molecule has 1 aromatic carbocycles. The van der Waals surface area contributed by atoms with E-state index in [0.717, 1.165) is 32.1 Å². The van der Waals surface area contributed by atoms with Crippen molar-refractivity contribution in [1.82, 2.24) is 15.5 Å². The number of para-hydroxylation sites is 1. The maximum absolute atomic E-state index is 12.2. The molecule has 0 spiro atoms. The van der Waals surface area contributed by atoms with Crippen LogP contribution < -0.4 is 5.32 Å². The molecule has 0 unspecified atom stereocenters. The Hall–Kier alpha value is -2.34. The van der Waals surface area contributed by atoms with E-state index in [0.29, 0.717) is 17.0 Å². The van der Waals surface area contributed by atoms with Gasteiger partial charge in [-0.15, -0.1) is 0 Å². The summed E-state index contributed by atoms with van der Waals surface area (Å²) >= 11 is 0. The number of benzene rings is 1. The van der Waals surface area contributed by atoms with E-state index < -0.39 is 5.60 Å². The fourth-order valence-electron chi connectivity index (χ4n) is 2.99. The van der Waals surface area contributed by atoms with Crippen molar-refractivity contribution in [2.45, 2.75) is 37.7 Å². The number of H-pyrrole nitrogens is 1. The topological polar surface area (TPSA) is 98.2 Å². The molecule has 0 saturated heterocycles. The van der Waals surface area contributed by atoms with Gasteiger partial charge in [0, 0.05) is 12.1 Å². The number of aromatic nitrogens is 2. The second kappa shape index (κ2) is 6.42. The van der Waals surface area contributed by atoms with E-state index >= 15 is 0 Å². The standard InChI is InChI=1S/C17H21N3O3/c21-15-7-3-2-6-12(15)13-10-14(20-19-13)16(22)18-11-17(23)8-4-1-5-9-17/h2-3,6-7,10,21,23H,1,4-5,8-9,11H2,(H,18,22)(H,19,20). The minimum Gasteiger partial charge on any atom is -0.507 e. The van der Waals surface area contributed by atoms with Crippen LogP contribution >= 0.6 is 0 Å². The van der Waals surface area contributed by atoms with E-state index in [2.05, 4.69) is 15.5 Å². The summed E-state index contributed by atoms with van der Waals surface area (Å²) in [4.78, 5) is 12.2. The molecular weight excluding hydrogens is 294 g/mol. The highest BCUT2D eigenvalue weighted by molar-refractivity contribution is 5.93. The third kappa shape index (κ3) is 3.53. The number of aliphatic hydroxyl groups is 1. The lowest BCUT2D eigenvalue weighted by molar-refractivity contribution is 0.00521. The first-order chi connectivity index (χ1) is 11.1. The van der Waals surface area contributed by atoms with Crippen LogP contribution in [0.15, 0.2) is 30.3 Å². The van der Waals surface area contributed by atoms with Gasteiger partial charge < -0.3 is 15.5 Å². The largest absolute Gasteiger partial charge is 0.507 e. The van der Waals surface area contributed by atoms with E-state index in [-0.39, 0.29) is 18.2 Å². The van der Waals surface area contributed by atoms with Crippen molar-refractivity contribution in [2.24, 2.45) is 0 Å². The highest BCUT2D eigenvalue weighted by Gasteiger charge is 2.29. The molecule has 3 rings (SSSR count). The number of hydrogen-bond donors (Lipinski definition) is 4. The highest BCUT2D eigenvalue weighted by Crippen LogP contribution is 2.28. The molecule has 0 radical (unpaired) electrons. The summed E-state index contributed by atoms with van der Waals surface area (Å²) < 4.78 is 0. The molecule has 23 heavy (non-hydrogen) atoms. The zero-order chi connectivity index (χ0) is 16.3. The zero-order valence-corrected chi connectivity index (χ0v) is 12.9. The van der Waals surface area contributed by atoms with Crippen molar-refractivity contribution >= 4 is 5.91 Å². The van der Waals surface area contributed by atoms with Crippen molar-refractivity contribution < 1.29 is 15.0 Å². The van der Waals surface area contributed by atoms with E-state index in [4.69, 9.17) is 0 Å². The lowest BCUT2D eigenvalue weighted by atomic mass is 9.85. The highest BCUT2D eigenvalue weighted by atomic mass is 16.3. The van der Waals surface area contributed by atoms with Crippen LogP contribution in [0.25, 0.3) is 11.3 Å². The van der Waals surface area contributed by atoms with Gasteiger partial charge in [-0.1, -0.05) is 31.4 Å². The number of hydrogen-bond acceptors (Lipinski definition) is 4. The Labute approximate surface area is 134 Å². The van der Waals surface area contributed by atoms with Crippen LogP contribution in [0.1, 0.15) is 42.6 Å². The number of phenols is 1. The molecule has 2 aromatic rings. The van der Waals surface area contributed by atoms with Crippen molar-refractivity contribution in [2.75, 3.05) is 6.54 Å². The Morgan fingerprint density at radius 3 is 2.74 bits per heavy atom. The number of aromatic amines is 1. The molecule has 4 N–H and O–H groups in total. The number of nitrogens with one attached hydrogen (secondary N) is 2. The Morgan fingerprint density at radius 1 is 1.26 bits per heavy atom. The lowest BCUT2D eigenvalue weighted by Crippen LogP contribution is -2.44. The molecule has 1 aliphatic rings. The SMILES string of the molecule is O=C(NCC1(O)CCCCC1)c1cc(-c2ccccc2O)n[nH]1. The second-order valence-corrected chi connectivity index (χ2v) is 6.15. The predicted molar refractivity (Wildman–Crippen MR) is 86.1 cm³/mol. The number of nitrogens with zero attached hydrogens (tertiary/aromatic N) is 1. The van der Waals surface area contributed by atoms with Crippen molar-refractivity contribution in [1.29, 1.82) is 0 Å². The van der Waals surface area contributed by atoms with Gasteiger partial charge >= 0.3 is 0 Å². The van der Waals surface area contributed by atoms with Crippen LogP contribution in [0, 0.1) is 0 Å². The molecule has 1 fully saturated rings. The molecule has 6 heteroatoms. The minimum atomic E-state index is -0.797. The number of carbonyl (C=O) groups is 1. The fraction of sp³-hybridized carbons (Fsp3) is 0.412. The average molecular weight is 315 g/mol. The smallest absolute Gasteiger partial charge is 0.269 e. The molecular formula is C17H21N3O3. The molecule has 1 saturated carbocycles. The maximum atomic E-state index is 12.2. The van der Waals surface area contributed by atoms with Crippen LogP contribution in [-0.2, 0) is 0 Å². The van der Waals surface area contributed by atoms with Gasteiger partial charge in [-0.05, 0) is 31.0 Å². The molecule has 0 aliphatic heterocycles. The minimum absolute atomic E-state index is 0.113. The van der Waals surface area contributed by atoms with E-state index in [1.807, 2.05) is 0 Å². The molecule has 122 valence electrons. The Bertz CT molecular complexity index is 690. The number of amides is 1. The molecule has 1 aliphatic carbocycles. The van der Waals surface area contributed by atoms with Crippen LogP contribution in [0.2, 0.25) is 0 Å².